The molecule has 5 amide bonds. The summed E-state index contributed by atoms with van der Waals surface area (Å²) < 4.78 is 66.7. The first-order chi connectivity index (χ1) is 39.1. The van der Waals surface area contributed by atoms with Crippen LogP contribution in [-0.4, -0.2) is 213 Å². The third kappa shape index (κ3) is 15.0. The number of hydrogen-bond acceptors (Lipinski definition) is 29. The number of carbonyl (C=O) groups is 6. The van der Waals surface area contributed by atoms with E-state index < -0.39 is 119 Å². The summed E-state index contributed by atoms with van der Waals surface area (Å²) in [6.07, 6.45) is -4.60. The Kier molecular flexibility index (Phi) is 20.0. The van der Waals surface area contributed by atoms with E-state index >= 15 is 0 Å². The van der Waals surface area contributed by atoms with Crippen molar-refractivity contribution in [1.29, 1.82) is 0 Å². The van der Waals surface area contributed by atoms with Crippen molar-refractivity contribution in [2.75, 3.05) is 68.9 Å². The van der Waals surface area contributed by atoms with E-state index in [-0.39, 0.29) is 76.6 Å². The molecule has 5 aliphatic heterocycles. The van der Waals surface area contributed by atoms with Crippen LogP contribution in [0.4, 0.5) is 10.9 Å². The lowest BCUT2D eigenvalue weighted by Crippen LogP contribution is -2.71. The molecule has 83 heavy (non-hydrogen) atoms. The lowest BCUT2D eigenvalue weighted by molar-refractivity contribution is -0.146. The van der Waals surface area contributed by atoms with Gasteiger partial charge in [0.25, 0.3) is 11.8 Å². The number of oxime groups is 1. The number of aliphatic hydroxyl groups is 2. The molecule has 36 nitrogen and oxygen atoms in total. The minimum atomic E-state index is -5.66. The number of nitrogen functional groups attached to an aromatic ring is 2. The molecular weight excluding hydrogens is 1230 g/mol. The van der Waals surface area contributed by atoms with Crippen LogP contribution in [0.1, 0.15) is 45.2 Å². The molecule has 0 saturated carbocycles. The Morgan fingerprint density at radius 3 is 2.51 bits per heavy atom. The molecule has 0 bridgehead atoms. The van der Waals surface area contributed by atoms with Gasteiger partial charge < -0.3 is 77.4 Å². The Bertz CT molecular complexity index is 3270. The van der Waals surface area contributed by atoms with E-state index in [1.807, 2.05) is 0 Å². The van der Waals surface area contributed by atoms with Crippen LogP contribution in [0.15, 0.2) is 40.7 Å². The SMILES string of the molecule is CC(C)(COP(=O)(O)OP(=O)(O)OCC1OC(n2cnc3c(N)ncnc32)C(O)C1OP(=O)(O)O)C(O)C(=O)NCCC(=O)NCCSC(=O)C1=C(/C=C2\CCN([C@@H]3CCNC3)C2=O)CS[C@@H]2[C@H](NC(=O)/C(=N/O)c3nsc(N)n3)C(=O)N12. The van der Waals surface area contributed by atoms with Crippen LogP contribution < -0.4 is 32.7 Å². The number of amides is 5. The van der Waals surface area contributed by atoms with E-state index in [4.69, 9.17) is 25.3 Å². The van der Waals surface area contributed by atoms with E-state index in [0.717, 1.165) is 53.5 Å². The molecule has 3 aromatic rings. The first-order valence-corrected chi connectivity index (χ1v) is 32.0. The van der Waals surface area contributed by atoms with Crippen molar-refractivity contribution < 1.29 is 100 Å². The summed E-state index contributed by atoms with van der Waals surface area (Å²) in [5.74, 6) is -3.69. The quantitative estimate of drug-likeness (QED) is 0.00772. The maximum atomic E-state index is 14.0. The number of fused-ring (bicyclic) bond motifs is 2. The lowest BCUT2D eigenvalue weighted by atomic mass is 9.87. The zero-order chi connectivity index (χ0) is 60.3. The fourth-order valence-corrected chi connectivity index (χ4v) is 14.4. The summed E-state index contributed by atoms with van der Waals surface area (Å²) in [4.78, 5) is 139. The van der Waals surface area contributed by atoms with Gasteiger partial charge in [0.1, 0.15) is 53.4 Å². The van der Waals surface area contributed by atoms with Gasteiger partial charge >= 0.3 is 23.5 Å². The number of ether oxygens (including phenoxy) is 1. The first kappa shape index (κ1) is 63.6. The van der Waals surface area contributed by atoms with Gasteiger partial charge in [0.15, 0.2) is 22.8 Å². The van der Waals surface area contributed by atoms with E-state index in [9.17, 15) is 77.5 Å². The fourth-order valence-electron chi connectivity index (χ4n) is 9.05. The van der Waals surface area contributed by atoms with Crippen LogP contribution in [0.2, 0.25) is 0 Å². The monoisotopic (exact) mass is 1280 g/mol. The number of likely N-dealkylation sites (tertiary alicyclic amines) is 1. The highest BCUT2D eigenvalue weighted by atomic mass is 32.2. The molecule has 8 heterocycles. The number of aromatic nitrogens is 6. The second-order valence-electron chi connectivity index (χ2n) is 19.4. The molecule has 10 atom stereocenters. The number of anilines is 2. The number of imidazole rings is 1. The Hall–Kier alpha value is -5.41. The van der Waals surface area contributed by atoms with Gasteiger partial charge in [-0.15, -0.1) is 11.8 Å². The molecule has 7 unspecified atom stereocenters. The van der Waals surface area contributed by atoms with Gasteiger partial charge in [0.2, 0.25) is 34.4 Å². The molecule has 3 aromatic heterocycles. The van der Waals surface area contributed by atoms with Crippen LogP contribution in [0, 0.1) is 5.41 Å². The topological polar surface area (TPSA) is 530 Å². The Morgan fingerprint density at radius 2 is 1.82 bits per heavy atom. The number of hydrogen-bond donors (Lipinski definition) is 13. The summed E-state index contributed by atoms with van der Waals surface area (Å²) in [6, 6.07) is -1.15. The number of thioether (sulfide) groups is 2. The molecule has 4 saturated heterocycles. The van der Waals surface area contributed by atoms with Crippen molar-refractivity contribution >= 4 is 121 Å². The normalized spacial score (nSPS) is 25.5. The summed E-state index contributed by atoms with van der Waals surface area (Å²) in [6.45, 7) is 1.74. The van der Waals surface area contributed by atoms with E-state index in [1.165, 1.54) is 30.5 Å². The number of aliphatic hydroxyl groups excluding tert-OH is 2. The van der Waals surface area contributed by atoms with E-state index in [2.05, 4.69) is 59.6 Å². The van der Waals surface area contributed by atoms with Gasteiger partial charge in [0.05, 0.1) is 19.5 Å². The molecule has 15 N–H and O–H groups in total. The van der Waals surface area contributed by atoms with Crippen molar-refractivity contribution in [3.63, 3.8) is 0 Å². The van der Waals surface area contributed by atoms with Crippen molar-refractivity contribution in [2.24, 2.45) is 10.6 Å². The number of β-lactam (4-membered cyclic amide) rings is 1. The number of nitrogens with two attached hydrogens (primary N) is 2. The Balaban J connectivity index is 0.793. The average molecular weight is 1280 g/mol. The zero-order valence-corrected chi connectivity index (χ0v) is 48.6. The highest BCUT2D eigenvalue weighted by Gasteiger charge is 2.55. The molecular formula is C41H56N15O21P3S3. The summed E-state index contributed by atoms with van der Waals surface area (Å²) in [7, 11) is -16.6. The number of nitrogens with zero attached hydrogens (tertiary/aromatic N) is 9. The van der Waals surface area contributed by atoms with Crippen LogP contribution in [-0.2, 0) is 65.1 Å². The summed E-state index contributed by atoms with van der Waals surface area (Å²) in [5, 5.41) is 43.7. The summed E-state index contributed by atoms with van der Waals surface area (Å²) in [5.41, 5.74) is 9.99. The molecule has 4 fully saturated rings. The number of carbonyl (C=O) groups excluding carboxylic acids is 6. The van der Waals surface area contributed by atoms with Crippen LogP contribution in [0.3, 0.4) is 0 Å². The maximum Gasteiger partial charge on any atom is 0.481 e. The second-order valence-corrected chi connectivity index (χ2v) is 26.6. The average Bonchev–Trinajstić information content (AvgIpc) is 3.93. The maximum absolute atomic E-state index is 14.0. The molecule has 0 radical (unpaired) electrons. The molecule has 5 aliphatic rings. The van der Waals surface area contributed by atoms with Crippen LogP contribution in [0.25, 0.3) is 11.2 Å². The molecule has 0 aromatic carbocycles. The highest BCUT2D eigenvalue weighted by molar-refractivity contribution is 8.14. The predicted octanol–water partition coefficient (Wildman–Crippen LogP) is -2.85. The third-order valence-electron chi connectivity index (χ3n) is 13.2. The van der Waals surface area contributed by atoms with Gasteiger partial charge in [-0.05, 0) is 31.0 Å². The highest BCUT2D eigenvalue weighted by Crippen LogP contribution is 2.61. The van der Waals surface area contributed by atoms with Gasteiger partial charge in [0, 0.05) is 72.7 Å². The Labute approximate surface area is 481 Å². The molecule has 8 rings (SSSR count). The van der Waals surface area contributed by atoms with Gasteiger partial charge in [-0.25, -0.2) is 28.6 Å². The van der Waals surface area contributed by atoms with E-state index in [0.29, 0.717) is 30.7 Å². The van der Waals surface area contributed by atoms with E-state index in [1.54, 1.807) is 11.0 Å². The lowest BCUT2D eigenvalue weighted by Gasteiger charge is -2.49. The summed E-state index contributed by atoms with van der Waals surface area (Å²) >= 11 is 2.75. The fraction of sp³-hybridized carbons (Fsp3) is 0.561. The van der Waals surface area contributed by atoms with Crippen molar-refractivity contribution in [3.05, 3.63) is 41.4 Å². The molecule has 0 spiro atoms. The van der Waals surface area contributed by atoms with Gasteiger partial charge in [-0.2, -0.15) is 13.7 Å². The predicted molar refractivity (Wildman–Crippen MR) is 287 cm³/mol. The Morgan fingerprint density at radius 1 is 1.07 bits per heavy atom. The minimum absolute atomic E-state index is 0.00249. The minimum Gasteiger partial charge on any atom is -0.410 e. The molecule has 0 aliphatic carbocycles. The smallest absolute Gasteiger partial charge is 0.410 e. The van der Waals surface area contributed by atoms with Gasteiger partial charge in [-0.1, -0.05) is 30.8 Å². The number of allylic oxidation sites excluding steroid dienone is 1. The molecule has 454 valence electrons. The third-order valence-corrected chi connectivity index (χ3v) is 19.0. The number of rotatable bonds is 25. The van der Waals surface area contributed by atoms with Crippen LogP contribution >= 0.6 is 58.5 Å². The largest absolute Gasteiger partial charge is 0.481 e. The number of phosphoric acid groups is 3. The zero-order valence-electron chi connectivity index (χ0n) is 43.4. The molecule has 42 heteroatoms. The van der Waals surface area contributed by atoms with Crippen LogP contribution in [0.5, 0.6) is 0 Å². The van der Waals surface area contributed by atoms with Gasteiger partial charge in [-0.3, -0.25) is 51.8 Å². The van der Waals surface area contributed by atoms with Crippen molar-refractivity contribution in [3.8, 4) is 0 Å². The van der Waals surface area contributed by atoms with Crippen molar-refractivity contribution in [1.82, 2.24) is 59.9 Å². The second kappa shape index (κ2) is 26.1. The van der Waals surface area contributed by atoms with Crippen molar-refractivity contribution in [2.45, 2.75) is 81.2 Å². The number of nitrogens with one attached hydrogen (secondary N) is 4. The number of phosphoric ester groups is 3. The first-order valence-electron chi connectivity index (χ1n) is 24.7. The standard InChI is InChI=1S/C41H56N15O21P3S3/c1-41(2,15-74-80(71,72)77-79(69,70)73-13-21-28(76-78(66,67)68)27(58)37(75-21)55-17-49-23-30(42)47-16-48-32(23)55)29(59)34(61)46-7-4-22(57)45-8-10-81-39(64)26-19(11-18-5-9-54(35(18)62)20-3-6-44-12-20)14-82-38-25(36(63)56(26)38)50-33(60)24(52-65)31-51-40(43)83-53-31/h11,16-17,20-21,25,27-29,37-38,44,58-59,65H,3-10,12-15H2,1-2H3,(H,45,57)(H,46,61)(H,50,60)(H,69,70)(H,71,72)(H2,42,47,48)(H2,43,51,53)(H2,66,67,68)/b18-11+,52-24+/t20-,21?,25-,27?,28?,29?,37?,38-/m1/s1.